The minimum atomic E-state index is 0.325. The Hall–Kier alpha value is -1.63. The third kappa shape index (κ3) is 7.28. The molecule has 0 saturated carbocycles. The molecule has 2 saturated heterocycles. The van der Waals surface area contributed by atoms with Gasteiger partial charge in [-0.2, -0.15) is 0 Å². The van der Waals surface area contributed by atoms with Crippen LogP contribution in [-0.4, -0.2) is 63.0 Å². The molecule has 1 N–H and O–H groups in total. The molecular formula is C23H37N3O3. The van der Waals surface area contributed by atoms with Gasteiger partial charge >= 0.3 is 0 Å². The van der Waals surface area contributed by atoms with Gasteiger partial charge in [0.15, 0.2) is 5.96 Å². The van der Waals surface area contributed by atoms with Gasteiger partial charge in [-0.25, -0.2) is 4.99 Å². The van der Waals surface area contributed by atoms with Crippen molar-refractivity contribution in [2.75, 3.05) is 46.1 Å². The standard InChI is InChI=1S/C23H37N3O3/c1-3-24-23(26-11-8-21(16-26)17-27-4-2)25-15-19-6-5-7-20(14-19)18-29-22-9-12-28-13-10-22/h5-7,14,21-22H,3-4,8-13,15-18H2,1-2H3,(H,24,25). The molecule has 162 valence electrons. The molecule has 2 aliphatic heterocycles. The number of rotatable bonds is 9. The predicted molar refractivity (Wildman–Crippen MR) is 116 cm³/mol. The Morgan fingerprint density at radius 3 is 2.83 bits per heavy atom. The fourth-order valence-electron chi connectivity index (χ4n) is 3.91. The van der Waals surface area contributed by atoms with Gasteiger partial charge in [0.2, 0.25) is 0 Å². The maximum atomic E-state index is 6.07. The Morgan fingerprint density at radius 1 is 1.21 bits per heavy atom. The number of hydrogen-bond acceptors (Lipinski definition) is 4. The number of hydrogen-bond donors (Lipinski definition) is 1. The molecule has 2 aliphatic rings. The van der Waals surface area contributed by atoms with E-state index in [9.17, 15) is 0 Å². The van der Waals surface area contributed by atoms with Crippen LogP contribution in [0.25, 0.3) is 0 Å². The number of ether oxygens (including phenoxy) is 3. The zero-order valence-electron chi connectivity index (χ0n) is 18.1. The summed E-state index contributed by atoms with van der Waals surface area (Å²) in [6, 6.07) is 8.60. The molecule has 1 aromatic rings. The van der Waals surface area contributed by atoms with E-state index in [0.29, 0.717) is 25.2 Å². The summed E-state index contributed by atoms with van der Waals surface area (Å²) >= 11 is 0. The summed E-state index contributed by atoms with van der Waals surface area (Å²) in [5.74, 6) is 1.61. The molecule has 6 heteroatoms. The van der Waals surface area contributed by atoms with Crippen molar-refractivity contribution in [3.8, 4) is 0 Å². The Morgan fingerprint density at radius 2 is 2.03 bits per heavy atom. The second-order valence-corrected chi connectivity index (χ2v) is 7.87. The number of aliphatic imine (C=N–C) groups is 1. The average Bonchev–Trinajstić information content (AvgIpc) is 3.23. The molecule has 0 spiro atoms. The molecule has 6 nitrogen and oxygen atoms in total. The van der Waals surface area contributed by atoms with E-state index in [2.05, 4.69) is 48.3 Å². The Labute approximate surface area is 175 Å². The van der Waals surface area contributed by atoms with Gasteiger partial charge in [0.25, 0.3) is 0 Å². The molecule has 2 heterocycles. The summed E-state index contributed by atoms with van der Waals surface area (Å²) < 4.78 is 17.1. The van der Waals surface area contributed by atoms with E-state index in [4.69, 9.17) is 19.2 Å². The lowest BCUT2D eigenvalue weighted by molar-refractivity contribution is -0.0390. The Balaban J connectivity index is 1.53. The fraction of sp³-hybridized carbons (Fsp3) is 0.696. The molecule has 1 aromatic carbocycles. The number of guanidine groups is 1. The van der Waals surface area contributed by atoms with Gasteiger partial charge in [-0.1, -0.05) is 24.3 Å². The van der Waals surface area contributed by atoms with Crippen molar-refractivity contribution in [3.05, 3.63) is 35.4 Å². The van der Waals surface area contributed by atoms with Crippen LogP contribution in [0.5, 0.6) is 0 Å². The fourth-order valence-corrected chi connectivity index (χ4v) is 3.91. The van der Waals surface area contributed by atoms with Crippen LogP contribution in [0.4, 0.5) is 0 Å². The largest absolute Gasteiger partial charge is 0.381 e. The van der Waals surface area contributed by atoms with Crippen LogP contribution in [-0.2, 0) is 27.4 Å². The molecule has 0 aromatic heterocycles. The Kier molecular flexibility index (Phi) is 9.25. The van der Waals surface area contributed by atoms with Crippen molar-refractivity contribution in [1.82, 2.24) is 10.2 Å². The van der Waals surface area contributed by atoms with Crippen molar-refractivity contribution >= 4 is 5.96 Å². The lowest BCUT2D eigenvalue weighted by Crippen LogP contribution is -2.40. The normalized spacial score (nSPS) is 21.0. The molecule has 1 atom stereocenters. The molecule has 2 fully saturated rings. The first-order chi connectivity index (χ1) is 14.3. The highest BCUT2D eigenvalue weighted by molar-refractivity contribution is 5.80. The summed E-state index contributed by atoms with van der Waals surface area (Å²) in [7, 11) is 0. The molecule has 1 unspecified atom stereocenters. The highest BCUT2D eigenvalue weighted by Crippen LogP contribution is 2.18. The molecule has 29 heavy (non-hydrogen) atoms. The summed E-state index contributed by atoms with van der Waals surface area (Å²) in [6.07, 6.45) is 3.49. The lowest BCUT2D eigenvalue weighted by Gasteiger charge is -2.22. The minimum Gasteiger partial charge on any atom is -0.381 e. The number of benzene rings is 1. The van der Waals surface area contributed by atoms with E-state index in [1.165, 1.54) is 17.5 Å². The monoisotopic (exact) mass is 403 g/mol. The van der Waals surface area contributed by atoms with Crippen molar-refractivity contribution < 1.29 is 14.2 Å². The maximum Gasteiger partial charge on any atom is 0.194 e. The van der Waals surface area contributed by atoms with E-state index in [0.717, 1.165) is 64.9 Å². The molecule has 0 aliphatic carbocycles. The first kappa shape index (κ1) is 22.1. The quantitative estimate of drug-likeness (QED) is 0.507. The van der Waals surface area contributed by atoms with Gasteiger partial charge in [-0.3, -0.25) is 0 Å². The predicted octanol–water partition coefficient (Wildman–Crippen LogP) is 3.21. The summed E-state index contributed by atoms with van der Waals surface area (Å²) in [4.78, 5) is 7.27. The highest BCUT2D eigenvalue weighted by atomic mass is 16.5. The van der Waals surface area contributed by atoms with Crippen LogP contribution >= 0.6 is 0 Å². The molecule has 0 bridgehead atoms. The van der Waals surface area contributed by atoms with E-state index in [1.807, 2.05) is 0 Å². The van der Waals surface area contributed by atoms with Crippen molar-refractivity contribution in [2.45, 2.75) is 52.4 Å². The zero-order valence-corrected chi connectivity index (χ0v) is 18.1. The summed E-state index contributed by atoms with van der Waals surface area (Å²) in [5.41, 5.74) is 2.44. The summed E-state index contributed by atoms with van der Waals surface area (Å²) in [5, 5.41) is 3.45. The minimum absolute atomic E-state index is 0.325. The van der Waals surface area contributed by atoms with Crippen molar-refractivity contribution in [1.29, 1.82) is 0 Å². The molecule has 3 rings (SSSR count). The van der Waals surface area contributed by atoms with Crippen LogP contribution in [0.3, 0.4) is 0 Å². The van der Waals surface area contributed by atoms with E-state index >= 15 is 0 Å². The van der Waals surface area contributed by atoms with Crippen molar-refractivity contribution in [3.63, 3.8) is 0 Å². The zero-order chi connectivity index (χ0) is 20.3. The third-order valence-electron chi connectivity index (χ3n) is 5.53. The van der Waals surface area contributed by atoms with Crippen LogP contribution in [0, 0.1) is 5.92 Å². The SMILES string of the molecule is CCNC(=NCc1cccc(COC2CCOCC2)c1)N1CCC(COCC)C1. The smallest absolute Gasteiger partial charge is 0.194 e. The summed E-state index contributed by atoms with van der Waals surface area (Å²) in [6.45, 7) is 11.7. The van der Waals surface area contributed by atoms with Gasteiger partial charge in [0.05, 0.1) is 25.9 Å². The van der Waals surface area contributed by atoms with Crippen LogP contribution in [0.1, 0.15) is 44.2 Å². The van der Waals surface area contributed by atoms with E-state index in [-0.39, 0.29) is 0 Å². The van der Waals surface area contributed by atoms with Gasteiger partial charge in [-0.15, -0.1) is 0 Å². The first-order valence-electron chi connectivity index (χ1n) is 11.2. The molecular weight excluding hydrogens is 366 g/mol. The van der Waals surface area contributed by atoms with Crippen molar-refractivity contribution in [2.24, 2.45) is 10.9 Å². The second-order valence-electron chi connectivity index (χ2n) is 7.87. The number of nitrogens with one attached hydrogen (secondary N) is 1. The van der Waals surface area contributed by atoms with Gasteiger partial charge in [0.1, 0.15) is 0 Å². The van der Waals surface area contributed by atoms with Crippen LogP contribution in [0.15, 0.2) is 29.3 Å². The average molecular weight is 404 g/mol. The second kappa shape index (κ2) is 12.2. The van der Waals surface area contributed by atoms with Gasteiger partial charge in [0, 0.05) is 45.4 Å². The van der Waals surface area contributed by atoms with Gasteiger partial charge in [-0.05, 0) is 44.2 Å². The van der Waals surface area contributed by atoms with Crippen LogP contribution < -0.4 is 5.32 Å². The van der Waals surface area contributed by atoms with E-state index < -0.39 is 0 Å². The molecule has 0 amide bonds. The van der Waals surface area contributed by atoms with Crippen LogP contribution in [0.2, 0.25) is 0 Å². The third-order valence-corrected chi connectivity index (χ3v) is 5.53. The Bertz CT molecular complexity index is 632. The topological polar surface area (TPSA) is 55.3 Å². The maximum absolute atomic E-state index is 6.07. The van der Waals surface area contributed by atoms with Gasteiger partial charge < -0.3 is 24.4 Å². The molecule has 0 radical (unpaired) electrons. The number of nitrogens with zero attached hydrogens (tertiary/aromatic N) is 2. The number of likely N-dealkylation sites (tertiary alicyclic amines) is 1. The highest BCUT2D eigenvalue weighted by Gasteiger charge is 2.24. The lowest BCUT2D eigenvalue weighted by atomic mass is 10.1. The van der Waals surface area contributed by atoms with E-state index in [1.54, 1.807) is 0 Å². The first-order valence-corrected chi connectivity index (χ1v) is 11.2.